The summed E-state index contributed by atoms with van der Waals surface area (Å²) in [4.78, 5) is 47.3. The van der Waals surface area contributed by atoms with Crippen molar-refractivity contribution in [1.82, 2.24) is 20.2 Å². The number of carbonyl (C=O) groups excluding carboxylic acids is 2. The number of rotatable bonds is 12. The van der Waals surface area contributed by atoms with Gasteiger partial charge in [-0.2, -0.15) is 13.2 Å². The quantitative estimate of drug-likeness (QED) is 0.203. The Morgan fingerprint density at radius 2 is 1.66 bits per heavy atom. The Hall–Kier alpha value is -4.74. The molecule has 1 atom stereocenters. The van der Waals surface area contributed by atoms with Crippen LogP contribution in [0.15, 0.2) is 60.9 Å². The molecular formula is C38H43F3N4O5. The SMILES string of the molecule is CC[C@H]1CC[C@H](C2CC=C(c3cnc(-c4ccc(CN(CC(=O)O)C(=O)CNC(=O)c5ccc(OC)cc5C(F)(F)F)cc4)nc3)CC2)CC1. The summed E-state index contributed by atoms with van der Waals surface area (Å²) in [5.74, 6) is -0.242. The zero-order valence-electron chi connectivity index (χ0n) is 28.3. The van der Waals surface area contributed by atoms with Crippen LogP contribution in [0.1, 0.15) is 85.3 Å². The number of ether oxygens (including phenoxy) is 1. The van der Waals surface area contributed by atoms with Crippen molar-refractivity contribution in [2.45, 2.75) is 71.0 Å². The first-order chi connectivity index (χ1) is 23.9. The highest BCUT2D eigenvalue weighted by atomic mass is 19.4. The molecule has 1 aromatic heterocycles. The number of aromatic nitrogens is 2. The molecule has 0 bridgehead atoms. The molecule has 50 heavy (non-hydrogen) atoms. The van der Waals surface area contributed by atoms with E-state index < -0.39 is 48.2 Å². The maximum atomic E-state index is 13.6. The molecule has 0 spiro atoms. The topological polar surface area (TPSA) is 122 Å². The first-order valence-corrected chi connectivity index (χ1v) is 17.1. The van der Waals surface area contributed by atoms with Gasteiger partial charge in [-0.05, 0) is 79.2 Å². The highest BCUT2D eigenvalue weighted by molar-refractivity contribution is 5.98. The summed E-state index contributed by atoms with van der Waals surface area (Å²) < 4.78 is 45.5. The van der Waals surface area contributed by atoms with Crippen molar-refractivity contribution in [2.75, 3.05) is 20.2 Å². The lowest BCUT2D eigenvalue weighted by atomic mass is 9.71. The highest BCUT2D eigenvalue weighted by Gasteiger charge is 2.36. The minimum absolute atomic E-state index is 0.0862. The minimum Gasteiger partial charge on any atom is -0.497 e. The molecule has 0 saturated heterocycles. The number of hydrogen-bond acceptors (Lipinski definition) is 6. The van der Waals surface area contributed by atoms with Crippen molar-refractivity contribution >= 4 is 23.4 Å². The molecule has 0 aliphatic heterocycles. The summed E-state index contributed by atoms with van der Waals surface area (Å²) in [5, 5.41) is 11.6. The van der Waals surface area contributed by atoms with Crippen LogP contribution < -0.4 is 10.1 Å². The van der Waals surface area contributed by atoms with Crippen LogP contribution in [0.4, 0.5) is 13.2 Å². The van der Waals surface area contributed by atoms with Crippen LogP contribution in [0.5, 0.6) is 5.75 Å². The van der Waals surface area contributed by atoms with Gasteiger partial charge in [-0.15, -0.1) is 0 Å². The van der Waals surface area contributed by atoms with Crippen LogP contribution in [-0.2, 0) is 22.3 Å². The average molecular weight is 693 g/mol. The van der Waals surface area contributed by atoms with E-state index in [1.54, 1.807) is 24.3 Å². The van der Waals surface area contributed by atoms with Crippen molar-refractivity contribution in [3.8, 4) is 17.1 Å². The van der Waals surface area contributed by atoms with Crippen molar-refractivity contribution < 1.29 is 37.4 Å². The molecule has 1 fully saturated rings. The fourth-order valence-corrected chi connectivity index (χ4v) is 7.08. The van der Waals surface area contributed by atoms with Crippen molar-refractivity contribution in [3.05, 3.63) is 83.2 Å². The molecule has 2 aromatic carbocycles. The molecular weight excluding hydrogens is 649 g/mol. The molecule has 3 aromatic rings. The number of allylic oxidation sites excluding steroid dienone is 2. The van der Waals surface area contributed by atoms with E-state index in [4.69, 9.17) is 4.74 Å². The van der Waals surface area contributed by atoms with Gasteiger partial charge in [-0.3, -0.25) is 14.4 Å². The van der Waals surface area contributed by atoms with Gasteiger partial charge in [0.15, 0.2) is 5.82 Å². The summed E-state index contributed by atoms with van der Waals surface area (Å²) in [6.07, 6.45) is 11.3. The molecule has 9 nitrogen and oxygen atoms in total. The Kier molecular flexibility index (Phi) is 11.9. The van der Waals surface area contributed by atoms with Gasteiger partial charge in [-0.25, -0.2) is 9.97 Å². The molecule has 0 radical (unpaired) electrons. The molecule has 2 amide bonds. The van der Waals surface area contributed by atoms with Crippen LogP contribution in [0.3, 0.4) is 0 Å². The lowest BCUT2D eigenvalue weighted by molar-refractivity contribution is -0.144. The standard InChI is InChI=1S/C38H43F3N4O5/c1-3-24-4-8-26(9-5-24)27-12-14-28(15-13-27)30-19-42-36(43-20-30)29-10-6-25(7-11-29)22-45(23-35(47)48)34(46)21-44-37(49)32-17-16-31(50-2)18-33(32)38(39,40)41/h6-7,10-11,14,16-20,24,26-27H,3-5,8-9,12-13,15,21-23H2,1-2H3,(H,44,49)(H,47,48)/t24-,26-,27?. The lowest BCUT2D eigenvalue weighted by Gasteiger charge is -2.35. The van der Waals surface area contributed by atoms with E-state index >= 15 is 0 Å². The number of alkyl halides is 3. The zero-order valence-corrected chi connectivity index (χ0v) is 28.3. The third kappa shape index (κ3) is 9.28. The number of halogens is 3. The normalized spacial score (nSPS) is 19.3. The van der Waals surface area contributed by atoms with Gasteiger partial charge in [0.25, 0.3) is 5.91 Å². The Balaban J connectivity index is 1.17. The second-order valence-corrected chi connectivity index (χ2v) is 13.2. The number of methoxy groups -OCH3 is 1. The summed E-state index contributed by atoms with van der Waals surface area (Å²) in [7, 11) is 1.20. The first-order valence-electron chi connectivity index (χ1n) is 17.1. The molecule has 266 valence electrons. The van der Waals surface area contributed by atoms with Crippen molar-refractivity contribution in [1.29, 1.82) is 0 Å². The smallest absolute Gasteiger partial charge is 0.417 e. The number of aliphatic carboxylic acids is 1. The van der Waals surface area contributed by atoms with Gasteiger partial charge >= 0.3 is 12.1 Å². The van der Waals surface area contributed by atoms with Crippen molar-refractivity contribution in [3.63, 3.8) is 0 Å². The van der Waals surface area contributed by atoms with Crippen LogP contribution in [0.2, 0.25) is 0 Å². The Labute approximate surface area is 290 Å². The monoisotopic (exact) mass is 692 g/mol. The number of carbonyl (C=O) groups is 3. The molecule has 5 rings (SSSR count). The number of carboxylic acid groups (broad SMARTS) is 1. The van der Waals surface area contributed by atoms with E-state index in [2.05, 4.69) is 28.3 Å². The van der Waals surface area contributed by atoms with Crippen molar-refractivity contribution in [2.24, 2.45) is 17.8 Å². The second-order valence-electron chi connectivity index (χ2n) is 13.2. The molecule has 2 aliphatic rings. The average Bonchev–Trinajstić information content (AvgIpc) is 3.13. The highest BCUT2D eigenvalue weighted by Crippen LogP contribution is 2.42. The molecule has 1 heterocycles. The van der Waals surface area contributed by atoms with Gasteiger partial charge in [0.05, 0.1) is 24.8 Å². The summed E-state index contributed by atoms with van der Waals surface area (Å²) in [5.41, 5.74) is 1.74. The molecule has 1 unspecified atom stereocenters. The fourth-order valence-electron chi connectivity index (χ4n) is 7.08. The molecule has 2 N–H and O–H groups in total. The van der Waals surface area contributed by atoms with Crippen LogP contribution in [0.25, 0.3) is 17.0 Å². The fraction of sp³-hybridized carbons (Fsp3) is 0.447. The van der Waals surface area contributed by atoms with E-state index in [9.17, 15) is 32.7 Å². The number of hydrogen-bond donors (Lipinski definition) is 2. The van der Waals surface area contributed by atoms with Gasteiger partial charge in [-0.1, -0.05) is 56.5 Å². The minimum atomic E-state index is -4.84. The number of amides is 2. The number of nitrogens with zero attached hydrogens (tertiary/aromatic N) is 3. The van der Waals surface area contributed by atoms with E-state index in [1.807, 2.05) is 12.4 Å². The second kappa shape index (κ2) is 16.3. The predicted molar refractivity (Wildman–Crippen MR) is 182 cm³/mol. The van der Waals surface area contributed by atoms with Gasteiger partial charge in [0.1, 0.15) is 12.3 Å². The zero-order chi connectivity index (χ0) is 35.8. The van der Waals surface area contributed by atoms with Crippen LogP contribution >= 0.6 is 0 Å². The predicted octanol–water partition coefficient (Wildman–Crippen LogP) is 7.41. The van der Waals surface area contributed by atoms with Gasteiger partial charge in [0.2, 0.25) is 5.91 Å². The van der Waals surface area contributed by atoms with E-state index in [0.717, 1.165) is 52.7 Å². The van der Waals surface area contributed by atoms with E-state index in [0.29, 0.717) is 17.5 Å². The Morgan fingerprint density at radius 1 is 0.960 bits per heavy atom. The first kappa shape index (κ1) is 36.5. The summed E-state index contributed by atoms with van der Waals surface area (Å²) in [6, 6.07) is 9.84. The summed E-state index contributed by atoms with van der Waals surface area (Å²) >= 11 is 0. The van der Waals surface area contributed by atoms with Gasteiger partial charge in [0, 0.05) is 30.1 Å². The number of carboxylic acids is 1. The van der Waals surface area contributed by atoms with Crippen LogP contribution in [0, 0.1) is 17.8 Å². The third-order valence-corrected chi connectivity index (χ3v) is 10.1. The van der Waals surface area contributed by atoms with Gasteiger partial charge < -0.3 is 20.1 Å². The number of benzene rings is 2. The lowest BCUT2D eigenvalue weighted by Crippen LogP contribution is -2.42. The molecule has 12 heteroatoms. The molecule has 1 saturated carbocycles. The summed E-state index contributed by atoms with van der Waals surface area (Å²) in [6.45, 7) is 0.820. The Morgan fingerprint density at radius 3 is 2.24 bits per heavy atom. The molecule has 2 aliphatic carbocycles. The van der Waals surface area contributed by atoms with E-state index in [1.165, 1.54) is 57.3 Å². The van der Waals surface area contributed by atoms with Crippen LogP contribution in [-0.4, -0.2) is 58.0 Å². The maximum absolute atomic E-state index is 13.6. The Bertz CT molecular complexity index is 1680. The largest absolute Gasteiger partial charge is 0.497 e. The maximum Gasteiger partial charge on any atom is 0.417 e. The van der Waals surface area contributed by atoms with E-state index in [-0.39, 0.29) is 12.3 Å². The third-order valence-electron chi connectivity index (χ3n) is 10.1. The number of nitrogens with one attached hydrogen (secondary N) is 1.